The number of rotatable bonds is 8. The molecule has 1 N–H and O–H groups in total. The summed E-state index contributed by atoms with van der Waals surface area (Å²) in [7, 11) is 0. The highest BCUT2D eigenvalue weighted by Gasteiger charge is 2.17. The maximum atomic E-state index is 4.23. The number of tetrazole rings is 1. The van der Waals surface area contributed by atoms with E-state index < -0.39 is 0 Å². The van der Waals surface area contributed by atoms with E-state index in [0.29, 0.717) is 12.5 Å². The molecule has 0 aliphatic heterocycles. The van der Waals surface area contributed by atoms with Crippen LogP contribution in [0.15, 0.2) is 72.1 Å². The quantitative estimate of drug-likeness (QED) is 0.459. The van der Waals surface area contributed by atoms with Crippen molar-refractivity contribution in [3.8, 4) is 5.69 Å². The lowest BCUT2D eigenvalue weighted by atomic mass is 9.99. The van der Waals surface area contributed by atoms with Gasteiger partial charge in [0.15, 0.2) is 5.82 Å². The molecule has 29 heavy (non-hydrogen) atoms. The smallest absolute Gasteiger partial charge is 0.170 e. The van der Waals surface area contributed by atoms with Gasteiger partial charge in [-0.05, 0) is 57.5 Å². The molecular formula is C23H25N5S. The fraction of sp³-hybridized carbons (Fsp3) is 0.261. The molecule has 0 fully saturated rings. The van der Waals surface area contributed by atoms with Gasteiger partial charge in [-0.15, -0.1) is 16.4 Å². The van der Waals surface area contributed by atoms with Crippen LogP contribution in [-0.4, -0.2) is 20.2 Å². The number of aromatic nitrogens is 4. The molecule has 0 amide bonds. The Morgan fingerprint density at radius 3 is 2.45 bits per heavy atom. The van der Waals surface area contributed by atoms with Crippen LogP contribution in [0.25, 0.3) is 5.69 Å². The van der Waals surface area contributed by atoms with Crippen LogP contribution in [0.3, 0.4) is 0 Å². The third kappa shape index (κ3) is 4.78. The van der Waals surface area contributed by atoms with Crippen molar-refractivity contribution in [2.24, 2.45) is 5.92 Å². The Kier molecular flexibility index (Phi) is 6.12. The molecule has 4 rings (SSSR count). The van der Waals surface area contributed by atoms with Gasteiger partial charge in [-0.25, -0.2) is 0 Å². The summed E-state index contributed by atoms with van der Waals surface area (Å²) >= 11 is 1.76. The molecule has 0 bridgehead atoms. The standard InChI is InChI=1S/C23H25N5S/c1-17(2)15-18-10-12-19(13-11-18)23(21-9-6-14-29-21)24-16-22-25-26-27-28(22)20-7-4-3-5-8-20/h3-14,17,23-24H,15-16H2,1-2H3/t23-/m1/s1. The van der Waals surface area contributed by atoms with Crippen molar-refractivity contribution in [1.82, 2.24) is 25.5 Å². The molecule has 2 aromatic carbocycles. The Bertz CT molecular complexity index is 1010. The molecule has 0 aliphatic rings. The zero-order valence-electron chi connectivity index (χ0n) is 16.7. The highest BCUT2D eigenvalue weighted by molar-refractivity contribution is 7.10. The summed E-state index contributed by atoms with van der Waals surface area (Å²) in [6.07, 6.45) is 1.10. The van der Waals surface area contributed by atoms with E-state index in [9.17, 15) is 0 Å². The van der Waals surface area contributed by atoms with Gasteiger partial charge in [-0.2, -0.15) is 4.68 Å². The summed E-state index contributed by atoms with van der Waals surface area (Å²) in [5.74, 6) is 1.44. The molecule has 148 valence electrons. The maximum Gasteiger partial charge on any atom is 0.170 e. The molecule has 0 radical (unpaired) electrons. The minimum atomic E-state index is 0.101. The summed E-state index contributed by atoms with van der Waals surface area (Å²) < 4.78 is 1.78. The van der Waals surface area contributed by atoms with Crippen molar-refractivity contribution in [3.63, 3.8) is 0 Å². The molecule has 0 unspecified atom stereocenters. The first-order chi connectivity index (χ1) is 14.2. The van der Waals surface area contributed by atoms with Crippen molar-refractivity contribution in [1.29, 1.82) is 0 Å². The highest BCUT2D eigenvalue weighted by atomic mass is 32.1. The first kappa shape index (κ1) is 19.5. The average molecular weight is 404 g/mol. The van der Waals surface area contributed by atoms with E-state index in [2.05, 4.69) is 76.5 Å². The third-order valence-electron chi connectivity index (χ3n) is 4.78. The molecule has 0 spiro atoms. The van der Waals surface area contributed by atoms with Crippen LogP contribution in [0.5, 0.6) is 0 Å². The third-order valence-corrected chi connectivity index (χ3v) is 5.72. The lowest BCUT2D eigenvalue weighted by Crippen LogP contribution is -2.23. The van der Waals surface area contributed by atoms with E-state index in [0.717, 1.165) is 17.9 Å². The SMILES string of the molecule is CC(C)Cc1ccc([C@@H](NCc2nnnn2-c2ccccc2)c2cccs2)cc1. The molecule has 4 aromatic rings. The predicted octanol–water partition coefficient (Wildman–Crippen LogP) is 4.80. The Morgan fingerprint density at radius 2 is 1.76 bits per heavy atom. The number of benzene rings is 2. The fourth-order valence-corrected chi connectivity index (χ4v) is 4.26. The second kappa shape index (κ2) is 9.11. The number of hydrogen-bond acceptors (Lipinski definition) is 5. The number of nitrogens with one attached hydrogen (secondary N) is 1. The van der Waals surface area contributed by atoms with Crippen LogP contribution in [0.2, 0.25) is 0 Å². The molecule has 1 atom stereocenters. The van der Waals surface area contributed by atoms with Gasteiger partial charge in [0.2, 0.25) is 0 Å². The zero-order valence-corrected chi connectivity index (χ0v) is 17.5. The summed E-state index contributed by atoms with van der Waals surface area (Å²) in [5, 5.41) is 18.0. The van der Waals surface area contributed by atoms with E-state index in [4.69, 9.17) is 0 Å². The normalized spacial score (nSPS) is 12.4. The lowest BCUT2D eigenvalue weighted by Gasteiger charge is -2.18. The van der Waals surface area contributed by atoms with Gasteiger partial charge in [0.1, 0.15) is 0 Å². The van der Waals surface area contributed by atoms with E-state index in [1.165, 1.54) is 16.0 Å². The second-order valence-electron chi connectivity index (χ2n) is 7.51. The van der Waals surface area contributed by atoms with Crippen molar-refractivity contribution < 1.29 is 0 Å². The Labute approximate surface area is 175 Å². The van der Waals surface area contributed by atoms with E-state index in [1.54, 1.807) is 16.0 Å². The van der Waals surface area contributed by atoms with Gasteiger partial charge in [0, 0.05) is 4.88 Å². The number of para-hydroxylation sites is 1. The van der Waals surface area contributed by atoms with E-state index in [-0.39, 0.29) is 6.04 Å². The monoisotopic (exact) mass is 403 g/mol. The van der Waals surface area contributed by atoms with Gasteiger partial charge >= 0.3 is 0 Å². The molecule has 0 saturated carbocycles. The maximum absolute atomic E-state index is 4.23. The molecule has 2 heterocycles. The van der Waals surface area contributed by atoms with E-state index in [1.807, 2.05) is 30.3 Å². The second-order valence-corrected chi connectivity index (χ2v) is 8.49. The topological polar surface area (TPSA) is 55.6 Å². The van der Waals surface area contributed by atoms with Crippen LogP contribution in [0.4, 0.5) is 0 Å². The minimum Gasteiger partial charge on any atom is -0.298 e. The molecular weight excluding hydrogens is 378 g/mol. The number of hydrogen-bond donors (Lipinski definition) is 1. The molecule has 5 nitrogen and oxygen atoms in total. The summed E-state index contributed by atoms with van der Waals surface area (Å²) in [6, 6.07) is 23.3. The van der Waals surface area contributed by atoms with Gasteiger partial charge in [0.25, 0.3) is 0 Å². The molecule has 6 heteroatoms. The lowest BCUT2D eigenvalue weighted by molar-refractivity contribution is 0.582. The van der Waals surface area contributed by atoms with Crippen molar-refractivity contribution >= 4 is 11.3 Å². The minimum absolute atomic E-state index is 0.101. The van der Waals surface area contributed by atoms with Crippen molar-refractivity contribution in [2.75, 3.05) is 0 Å². The number of nitrogens with zero attached hydrogens (tertiary/aromatic N) is 4. The summed E-state index contributed by atoms with van der Waals surface area (Å²) in [6.45, 7) is 5.07. The average Bonchev–Trinajstić information content (AvgIpc) is 3.42. The first-order valence-electron chi connectivity index (χ1n) is 9.89. The predicted molar refractivity (Wildman–Crippen MR) is 117 cm³/mol. The number of thiophene rings is 1. The summed E-state index contributed by atoms with van der Waals surface area (Å²) in [5.41, 5.74) is 3.58. The van der Waals surface area contributed by atoms with Crippen LogP contribution in [-0.2, 0) is 13.0 Å². The van der Waals surface area contributed by atoms with Crippen LogP contribution >= 0.6 is 11.3 Å². The fourth-order valence-electron chi connectivity index (χ4n) is 3.43. The van der Waals surface area contributed by atoms with Gasteiger partial charge in [-0.3, -0.25) is 5.32 Å². The van der Waals surface area contributed by atoms with Crippen molar-refractivity contribution in [3.05, 3.63) is 93.9 Å². The van der Waals surface area contributed by atoms with Gasteiger partial charge in [0.05, 0.1) is 18.3 Å². The Hall–Kier alpha value is -2.83. The Morgan fingerprint density at radius 1 is 0.966 bits per heavy atom. The van der Waals surface area contributed by atoms with Crippen LogP contribution in [0, 0.1) is 5.92 Å². The highest BCUT2D eigenvalue weighted by Crippen LogP contribution is 2.27. The van der Waals surface area contributed by atoms with Gasteiger partial charge < -0.3 is 0 Å². The Balaban J connectivity index is 1.55. The van der Waals surface area contributed by atoms with Gasteiger partial charge in [-0.1, -0.05) is 62.4 Å². The van der Waals surface area contributed by atoms with Crippen LogP contribution < -0.4 is 5.32 Å². The largest absolute Gasteiger partial charge is 0.298 e. The summed E-state index contributed by atoms with van der Waals surface area (Å²) in [4.78, 5) is 1.28. The zero-order chi connectivity index (χ0) is 20.1. The van der Waals surface area contributed by atoms with Crippen LogP contribution in [0.1, 0.15) is 41.7 Å². The molecule has 2 aromatic heterocycles. The van der Waals surface area contributed by atoms with E-state index >= 15 is 0 Å². The van der Waals surface area contributed by atoms with Crippen molar-refractivity contribution in [2.45, 2.75) is 32.9 Å². The molecule has 0 saturated heterocycles. The first-order valence-corrected chi connectivity index (χ1v) is 10.8. The molecule has 0 aliphatic carbocycles.